The molecule has 106 valence electrons. The van der Waals surface area contributed by atoms with E-state index in [1.807, 2.05) is 12.4 Å². The van der Waals surface area contributed by atoms with E-state index in [-0.39, 0.29) is 6.04 Å². The van der Waals surface area contributed by atoms with Crippen molar-refractivity contribution in [2.24, 2.45) is 0 Å². The van der Waals surface area contributed by atoms with E-state index in [0.29, 0.717) is 0 Å². The standard InChI is InChI=1S/C19H20N2/c1-3-21-19(15-9-7-14(2)8-10-15)18-6-4-5-16-13-20-12-11-17(16)18/h4-13,19,21H,3H2,1-2H3. The first-order valence-corrected chi connectivity index (χ1v) is 7.42. The van der Waals surface area contributed by atoms with Crippen LogP contribution in [-0.2, 0) is 0 Å². The maximum absolute atomic E-state index is 4.22. The average molecular weight is 276 g/mol. The van der Waals surface area contributed by atoms with E-state index in [0.717, 1.165) is 6.54 Å². The van der Waals surface area contributed by atoms with E-state index in [2.05, 4.69) is 72.7 Å². The van der Waals surface area contributed by atoms with Crippen LogP contribution in [0.2, 0.25) is 0 Å². The highest BCUT2D eigenvalue weighted by Gasteiger charge is 2.15. The fourth-order valence-corrected chi connectivity index (χ4v) is 2.77. The van der Waals surface area contributed by atoms with Crippen molar-refractivity contribution >= 4 is 10.8 Å². The normalized spacial score (nSPS) is 12.5. The number of aromatic nitrogens is 1. The van der Waals surface area contributed by atoms with Crippen molar-refractivity contribution in [1.29, 1.82) is 0 Å². The van der Waals surface area contributed by atoms with Crippen LogP contribution in [-0.4, -0.2) is 11.5 Å². The molecule has 1 unspecified atom stereocenters. The van der Waals surface area contributed by atoms with E-state index in [1.165, 1.54) is 27.5 Å². The molecule has 0 saturated heterocycles. The summed E-state index contributed by atoms with van der Waals surface area (Å²) in [6.45, 7) is 5.20. The van der Waals surface area contributed by atoms with Gasteiger partial charge in [-0.1, -0.05) is 55.0 Å². The number of hydrogen-bond donors (Lipinski definition) is 1. The van der Waals surface area contributed by atoms with Gasteiger partial charge in [-0.15, -0.1) is 0 Å². The minimum Gasteiger partial charge on any atom is -0.307 e. The van der Waals surface area contributed by atoms with Gasteiger partial charge in [0.05, 0.1) is 6.04 Å². The Bertz CT molecular complexity index is 727. The Morgan fingerprint density at radius 2 is 1.86 bits per heavy atom. The maximum atomic E-state index is 4.22. The van der Waals surface area contributed by atoms with Crippen LogP contribution in [0.25, 0.3) is 10.8 Å². The molecule has 2 aromatic carbocycles. The average Bonchev–Trinajstić information content (AvgIpc) is 2.53. The summed E-state index contributed by atoms with van der Waals surface area (Å²) in [4.78, 5) is 4.22. The van der Waals surface area contributed by atoms with E-state index in [1.54, 1.807) is 0 Å². The van der Waals surface area contributed by atoms with Gasteiger partial charge in [0.25, 0.3) is 0 Å². The van der Waals surface area contributed by atoms with Gasteiger partial charge in [0.1, 0.15) is 0 Å². The topological polar surface area (TPSA) is 24.9 Å². The summed E-state index contributed by atoms with van der Waals surface area (Å²) >= 11 is 0. The first-order chi connectivity index (χ1) is 10.3. The Labute approximate surface area is 125 Å². The fraction of sp³-hybridized carbons (Fsp3) is 0.211. The van der Waals surface area contributed by atoms with Crippen molar-refractivity contribution in [3.05, 3.63) is 77.6 Å². The Morgan fingerprint density at radius 1 is 1.05 bits per heavy atom. The molecule has 3 aromatic rings. The molecule has 0 fully saturated rings. The smallest absolute Gasteiger partial charge is 0.0582 e. The molecule has 0 aliphatic rings. The van der Waals surface area contributed by atoms with Gasteiger partial charge < -0.3 is 5.32 Å². The summed E-state index contributed by atoms with van der Waals surface area (Å²) in [5, 5.41) is 6.05. The number of nitrogens with zero attached hydrogens (tertiary/aromatic N) is 1. The Hall–Kier alpha value is -2.19. The van der Waals surface area contributed by atoms with Gasteiger partial charge in [-0.3, -0.25) is 4.98 Å². The van der Waals surface area contributed by atoms with Crippen molar-refractivity contribution in [2.75, 3.05) is 6.54 Å². The van der Waals surface area contributed by atoms with Crippen LogP contribution in [0.4, 0.5) is 0 Å². The van der Waals surface area contributed by atoms with Crippen LogP contribution in [0.5, 0.6) is 0 Å². The lowest BCUT2D eigenvalue weighted by Gasteiger charge is -2.21. The van der Waals surface area contributed by atoms with E-state index < -0.39 is 0 Å². The molecule has 0 aliphatic heterocycles. The molecule has 1 atom stereocenters. The highest BCUT2D eigenvalue weighted by Crippen LogP contribution is 2.28. The van der Waals surface area contributed by atoms with Crippen molar-refractivity contribution in [1.82, 2.24) is 10.3 Å². The quantitative estimate of drug-likeness (QED) is 0.771. The van der Waals surface area contributed by atoms with E-state index >= 15 is 0 Å². The first-order valence-electron chi connectivity index (χ1n) is 7.42. The Morgan fingerprint density at radius 3 is 2.62 bits per heavy atom. The Kier molecular flexibility index (Phi) is 3.98. The number of benzene rings is 2. The molecule has 0 saturated carbocycles. The van der Waals surface area contributed by atoms with Crippen molar-refractivity contribution in [3.63, 3.8) is 0 Å². The molecular formula is C19H20N2. The predicted octanol–water partition coefficient (Wildman–Crippen LogP) is 4.24. The van der Waals surface area contributed by atoms with Crippen LogP contribution in [0.3, 0.4) is 0 Å². The lowest BCUT2D eigenvalue weighted by atomic mass is 9.94. The summed E-state index contributed by atoms with van der Waals surface area (Å²) in [7, 11) is 0. The predicted molar refractivity (Wildman–Crippen MR) is 88.4 cm³/mol. The second kappa shape index (κ2) is 6.06. The monoisotopic (exact) mass is 276 g/mol. The molecule has 2 nitrogen and oxygen atoms in total. The minimum absolute atomic E-state index is 0.210. The van der Waals surface area contributed by atoms with Crippen molar-refractivity contribution in [2.45, 2.75) is 19.9 Å². The summed E-state index contributed by atoms with van der Waals surface area (Å²) in [5.74, 6) is 0. The molecule has 0 bridgehead atoms. The molecule has 1 N–H and O–H groups in total. The molecule has 3 rings (SSSR count). The summed E-state index contributed by atoms with van der Waals surface area (Å²) in [6, 6.07) is 17.5. The van der Waals surface area contributed by atoms with Gasteiger partial charge in [0.15, 0.2) is 0 Å². The molecule has 0 spiro atoms. The molecule has 0 amide bonds. The van der Waals surface area contributed by atoms with Gasteiger partial charge in [0, 0.05) is 17.8 Å². The van der Waals surface area contributed by atoms with Gasteiger partial charge >= 0.3 is 0 Å². The van der Waals surface area contributed by atoms with Crippen molar-refractivity contribution < 1.29 is 0 Å². The van der Waals surface area contributed by atoms with Crippen LogP contribution in [0, 0.1) is 6.92 Å². The largest absolute Gasteiger partial charge is 0.307 e. The Balaban J connectivity index is 2.13. The second-order valence-corrected chi connectivity index (χ2v) is 5.35. The van der Waals surface area contributed by atoms with E-state index in [9.17, 15) is 0 Å². The molecule has 1 aromatic heterocycles. The van der Waals surface area contributed by atoms with Crippen LogP contribution in [0.15, 0.2) is 60.9 Å². The highest BCUT2D eigenvalue weighted by molar-refractivity contribution is 5.85. The fourth-order valence-electron chi connectivity index (χ4n) is 2.77. The number of hydrogen-bond acceptors (Lipinski definition) is 2. The molecule has 0 radical (unpaired) electrons. The number of pyridine rings is 1. The minimum atomic E-state index is 0.210. The first kappa shape index (κ1) is 13.8. The maximum Gasteiger partial charge on any atom is 0.0582 e. The van der Waals surface area contributed by atoms with Gasteiger partial charge in [-0.25, -0.2) is 0 Å². The zero-order valence-corrected chi connectivity index (χ0v) is 12.5. The van der Waals surface area contributed by atoms with Crippen LogP contribution in [0.1, 0.15) is 29.7 Å². The van der Waals surface area contributed by atoms with Crippen LogP contribution < -0.4 is 5.32 Å². The zero-order chi connectivity index (χ0) is 14.7. The number of fused-ring (bicyclic) bond motifs is 1. The summed E-state index contributed by atoms with van der Waals surface area (Å²) in [6.07, 6.45) is 3.79. The number of nitrogens with one attached hydrogen (secondary N) is 1. The third kappa shape index (κ3) is 2.81. The van der Waals surface area contributed by atoms with Crippen molar-refractivity contribution in [3.8, 4) is 0 Å². The summed E-state index contributed by atoms with van der Waals surface area (Å²) < 4.78 is 0. The molecule has 2 heteroatoms. The lowest BCUT2D eigenvalue weighted by Crippen LogP contribution is -2.22. The van der Waals surface area contributed by atoms with E-state index in [4.69, 9.17) is 0 Å². The third-order valence-corrected chi connectivity index (χ3v) is 3.84. The van der Waals surface area contributed by atoms with Gasteiger partial charge in [-0.2, -0.15) is 0 Å². The molecule has 1 heterocycles. The van der Waals surface area contributed by atoms with Crippen LogP contribution >= 0.6 is 0 Å². The van der Waals surface area contributed by atoms with Gasteiger partial charge in [0.2, 0.25) is 0 Å². The molecular weight excluding hydrogens is 256 g/mol. The molecule has 0 aliphatic carbocycles. The lowest BCUT2D eigenvalue weighted by molar-refractivity contribution is 0.634. The zero-order valence-electron chi connectivity index (χ0n) is 12.5. The van der Waals surface area contributed by atoms with Gasteiger partial charge in [-0.05, 0) is 36.0 Å². The number of aryl methyl sites for hydroxylation is 1. The third-order valence-electron chi connectivity index (χ3n) is 3.84. The second-order valence-electron chi connectivity index (χ2n) is 5.35. The SMILES string of the molecule is CCNC(c1ccc(C)cc1)c1cccc2cnccc12. The summed E-state index contributed by atoms with van der Waals surface area (Å²) in [5.41, 5.74) is 3.89. The number of rotatable bonds is 4. The molecule has 21 heavy (non-hydrogen) atoms. The highest BCUT2D eigenvalue weighted by atomic mass is 14.9.